The zero-order chi connectivity index (χ0) is 19.5. The lowest BCUT2D eigenvalue weighted by atomic mass is 10.1. The summed E-state index contributed by atoms with van der Waals surface area (Å²) >= 11 is 3.30. The average molecular weight is 436 g/mol. The Balaban J connectivity index is 0.000000199. The first-order valence-electron chi connectivity index (χ1n) is 9.02. The van der Waals surface area contributed by atoms with E-state index in [0.29, 0.717) is 0 Å². The number of morpholine rings is 1. The van der Waals surface area contributed by atoms with Crippen molar-refractivity contribution in [3.8, 4) is 0 Å². The first-order chi connectivity index (χ1) is 13.1. The minimum Gasteiger partial charge on any atom is -0.399 e. The van der Waals surface area contributed by atoms with Crippen molar-refractivity contribution < 1.29 is 9.66 Å². The first kappa shape index (κ1) is 21.3. The minimum atomic E-state index is -0.391. The molecule has 6 nitrogen and oxygen atoms in total. The molecule has 1 heterocycles. The van der Waals surface area contributed by atoms with Crippen LogP contribution < -0.4 is 5.73 Å². The van der Waals surface area contributed by atoms with E-state index in [4.69, 9.17) is 10.5 Å². The quantitative estimate of drug-likeness (QED) is 0.323. The smallest absolute Gasteiger partial charge is 0.269 e. The number of anilines is 1. The van der Waals surface area contributed by atoms with Crippen LogP contribution in [0.2, 0.25) is 0 Å². The fourth-order valence-corrected chi connectivity index (χ4v) is 3.15. The molecule has 0 aliphatic carbocycles. The van der Waals surface area contributed by atoms with Crippen molar-refractivity contribution in [2.45, 2.75) is 12.8 Å². The Morgan fingerprint density at radius 2 is 1.56 bits per heavy atom. The van der Waals surface area contributed by atoms with Gasteiger partial charge in [-0.3, -0.25) is 15.0 Å². The molecular formula is C20H26BrN3O3. The summed E-state index contributed by atoms with van der Waals surface area (Å²) in [4.78, 5) is 12.3. The molecule has 0 amide bonds. The monoisotopic (exact) mass is 435 g/mol. The molecule has 2 N–H and O–H groups in total. The zero-order valence-corrected chi connectivity index (χ0v) is 16.9. The maximum absolute atomic E-state index is 10.3. The lowest BCUT2D eigenvalue weighted by Crippen LogP contribution is -2.37. The minimum absolute atomic E-state index is 0.147. The number of hydrogen-bond donors (Lipinski definition) is 1. The van der Waals surface area contributed by atoms with Gasteiger partial charge >= 0.3 is 0 Å². The second-order valence-electron chi connectivity index (χ2n) is 6.31. The highest BCUT2D eigenvalue weighted by atomic mass is 79.9. The van der Waals surface area contributed by atoms with Gasteiger partial charge in [0.05, 0.1) is 18.1 Å². The number of nitro benzene ring substituents is 1. The van der Waals surface area contributed by atoms with E-state index in [1.807, 2.05) is 12.1 Å². The number of non-ortho nitro benzene ring substituents is 1. The Morgan fingerprint density at radius 1 is 1.00 bits per heavy atom. The summed E-state index contributed by atoms with van der Waals surface area (Å²) in [5, 5.41) is 11.1. The predicted molar refractivity (Wildman–Crippen MR) is 112 cm³/mol. The van der Waals surface area contributed by atoms with Crippen molar-refractivity contribution in [2.24, 2.45) is 0 Å². The second kappa shape index (κ2) is 11.7. The molecular weight excluding hydrogens is 410 g/mol. The summed E-state index contributed by atoms with van der Waals surface area (Å²) in [5.74, 6) is 0. The van der Waals surface area contributed by atoms with Crippen LogP contribution in [0.5, 0.6) is 0 Å². The summed E-state index contributed by atoms with van der Waals surface area (Å²) in [7, 11) is 0. The SMILES string of the molecule is Nc1ccc(CCN2CCOCC2)cc1.O=[N+]([O-])c1ccc(CCBr)cc1. The van der Waals surface area contributed by atoms with Crippen molar-refractivity contribution in [1.29, 1.82) is 0 Å². The van der Waals surface area contributed by atoms with E-state index >= 15 is 0 Å². The number of nitro groups is 1. The molecule has 27 heavy (non-hydrogen) atoms. The van der Waals surface area contributed by atoms with Gasteiger partial charge in [0.15, 0.2) is 0 Å². The molecule has 146 valence electrons. The van der Waals surface area contributed by atoms with Crippen LogP contribution in [0.1, 0.15) is 11.1 Å². The van der Waals surface area contributed by atoms with Gasteiger partial charge in [-0.15, -0.1) is 0 Å². The van der Waals surface area contributed by atoms with Gasteiger partial charge in [0.2, 0.25) is 0 Å². The van der Waals surface area contributed by atoms with Crippen LogP contribution in [-0.4, -0.2) is 48.0 Å². The third-order valence-electron chi connectivity index (χ3n) is 4.33. The van der Waals surface area contributed by atoms with E-state index < -0.39 is 4.92 Å². The van der Waals surface area contributed by atoms with Crippen LogP contribution in [0.15, 0.2) is 48.5 Å². The molecule has 0 radical (unpaired) electrons. The Hall–Kier alpha value is -1.96. The number of nitrogens with two attached hydrogens (primary N) is 1. The molecule has 2 aromatic rings. The van der Waals surface area contributed by atoms with E-state index in [-0.39, 0.29) is 5.69 Å². The fraction of sp³-hybridized carbons (Fsp3) is 0.400. The number of hydrogen-bond acceptors (Lipinski definition) is 5. The number of ether oxygens (including phenoxy) is 1. The first-order valence-corrected chi connectivity index (χ1v) is 10.1. The third kappa shape index (κ3) is 8.07. The molecule has 1 fully saturated rings. The van der Waals surface area contributed by atoms with E-state index in [1.54, 1.807) is 12.1 Å². The maximum atomic E-state index is 10.3. The van der Waals surface area contributed by atoms with Crippen molar-refractivity contribution in [2.75, 3.05) is 43.9 Å². The summed E-state index contributed by atoms with van der Waals surface area (Å²) in [6.07, 6.45) is 2.00. The number of aryl methyl sites for hydroxylation is 1. The van der Waals surface area contributed by atoms with Crippen molar-refractivity contribution in [3.05, 3.63) is 69.8 Å². The average Bonchev–Trinajstić information content (AvgIpc) is 2.70. The van der Waals surface area contributed by atoms with E-state index in [2.05, 4.69) is 33.0 Å². The predicted octanol–water partition coefficient (Wildman–Crippen LogP) is 3.68. The Kier molecular flexibility index (Phi) is 9.24. The van der Waals surface area contributed by atoms with Crippen molar-refractivity contribution in [1.82, 2.24) is 4.90 Å². The number of rotatable bonds is 6. The van der Waals surface area contributed by atoms with Crippen molar-refractivity contribution in [3.63, 3.8) is 0 Å². The molecule has 0 atom stereocenters. The summed E-state index contributed by atoms with van der Waals surface area (Å²) in [6, 6.07) is 14.8. The Bertz CT molecular complexity index is 687. The molecule has 1 aliphatic heterocycles. The third-order valence-corrected chi connectivity index (χ3v) is 4.73. The van der Waals surface area contributed by atoms with Crippen LogP contribution >= 0.6 is 15.9 Å². The van der Waals surface area contributed by atoms with Gasteiger partial charge in [-0.1, -0.05) is 40.2 Å². The summed E-state index contributed by atoms with van der Waals surface area (Å²) in [5.41, 5.74) is 9.09. The molecule has 0 bridgehead atoms. The van der Waals surface area contributed by atoms with Gasteiger partial charge in [-0.2, -0.15) is 0 Å². The van der Waals surface area contributed by atoms with Crippen LogP contribution in [0, 0.1) is 10.1 Å². The number of nitrogens with zero attached hydrogens (tertiary/aromatic N) is 2. The van der Waals surface area contributed by atoms with Gasteiger partial charge in [-0.25, -0.2) is 0 Å². The number of benzene rings is 2. The van der Waals surface area contributed by atoms with Crippen LogP contribution in [-0.2, 0) is 17.6 Å². The van der Waals surface area contributed by atoms with Gasteiger partial charge in [0.25, 0.3) is 5.69 Å². The number of nitrogen functional groups attached to an aromatic ring is 1. The summed E-state index contributed by atoms with van der Waals surface area (Å²) in [6.45, 7) is 5.00. The highest BCUT2D eigenvalue weighted by Gasteiger charge is 2.09. The zero-order valence-electron chi connectivity index (χ0n) is 15.4. The highest BCUT2D eigenvalue weighted by molar-refractivity contribution is 9.09. The number of alkyl halides is 1. The summed E-state index contributed by atoms with van der Waals surface area (Å²) < 4.78 is 5.31. The van der Waals surface area contributed by atoms with Crippen molar-refractivity contribution >= 4 is 27.3 Å². The van der Waals surface area contributed by atoms with E-state index in [0.717, 1.165) is 62.3 Å². The van der Waals surface area contributed by atoms with Gasteiger partial charge in [-0.05, 0) is 36.1 Å². The molecule has 1 saturated heterocycles. The van der Waals surface area contributed by atoms with Crippen LogP contribution in [0.25, 0.3) is 0 Å². The molecule has 3 rings (SSSR count). The normalized spacial score (nSPS) is 14.3. The topological polar surface area (TPSA) is 81.6 Å². The highest BCUT2D eigenvalue weighted by Crippen LogP contribution is 2.12. The molecule has 2 aromatic carbocycles. The molecule has 7 heteroatoms. The Morgan fingerprint density at radius 3 is 2.11 bits per heavy atom. The maximum Gasteiger partial charge on any atom is 0.269 e. The molecule has 0 saturated carbocycles. The largest absolute Gasteiger partial charge is 0.399 e. The van der Waals surface area contributed by atoms with Gasteiger partial charge in [0.1, 0.15) is 0 Å². The number of halogens is 1. The molecule has 1 aliphatic rings. The molecule has 0 spiro atoms. The van der Waals surface area contributed by atoms with Crippen LogP contribution in [0.4, 0.5) is 11.4 Å². The molecule has 0 aromatic heterocycles. The van der Waals surface area contributed by atoms with Crippen LogP contribution in [0.3, 0.4) is 0 Å². The lowest BCUT2D eigenvalue weighted by Gasteiger charge is -2.26. The Labute approximate surface area is 168 Å². The van der Waals surface area contributed by atoms with Gasteiger partial charge in [0, 0.05) is 42.8 Å². The van der Waals surface area contributed by atoms with E-state index in [1.165, 1.54) is 17.7 Å². The standard InChI is InChI=1S/C12H18N2O.C8H8BrNO2/c13-12-3-1-11(2-4-12)5-6-14-7-9-15-10-8-14;9-6-5-7-1-3-8(4-2-7)10(11)12/h1-4H,5-10,13H2;1-4H,5-6H2. The lowest BCUT2D eigenvalue weighted by molar-refractivity contribution is -0.384. The van der Waals surface area contributed by atoms with E-state index in [9.17, 15) is 10.1 Å². The fourth-order valence-electron chi connectivity index (χ4n) is 2.69. The van der Waals surface area contributed by atoms with Gasteiger partial charge < -0.3 is 10.5 Å². The molecule has 0 unspecified atom stereocenters. The second-order valence-corrected chi connectivity index (χ2v) is 7.10.